The molecule has 82 valence electrons. The number of carbonyl (C=O) groups is 1. The van der Waals surface area contributed by atoms with Crippen molar-refractivity contribution in [2.24, 2.45) is 11.7 Å². The molecule has 0 aliphatic carbocycles. The normalized spacial score (nSPS) is 27.7. The molecule has 2 atom stereocenters. The lowest BCUT2D eigenvalue weighted by Gasteiger charge is -2.21. The van der Waals surface area contributed by atoms with Crippen molar-refractivity contribution in [1.29, 1.82) is 0 Å². The van der Waals surface area contributed by atoms with Gasteiger partial charge in [-0.15, -0.1) is 0 Å². The second kappa shape index (κ2) is 4.28. The molecule has 1 rings (SSSR count). The molecule has 0 unspecified atom stereocenters. The number of ether oxygens (including phenoxy) is 2. The molecule has 1 aliphatic heterocycles. The van der Waals surface area contributed by atoms with Gasteiger partial charge >= 0.3 is 5.97 Å². The van der Waals surface area contributed by atoms with E-state index >= 15 is 0 Å². The largest absolute Gasteiger partial charge is 0.460 e. The molecule has 14 heavy (non-hydrogen) atoms. The molecule has 0 radical (unpaired) electrons. The second-order valence-electron chi connectivity index (χ2n) is 4.75. The first-order valence-corrected chi connectivity index (χ1v) is 4.93. The number of esters is 1. The van der Waals surface area contributed by atoms with Crippen molar-refractivity contribution < 1.29 is 14.3 Å². The fourth-order valence-corrected chi connectivity index (χ4v) is 1.42. The molecular weight excluding hydrogens is 182 g/mol. The summed E-state index contributed by atoms with van der Waals surface area (Å²) in [5, 5.41) is 0. The number of hydrogen-bond acceptors (Lipinski definition) is 4. The standard InChI is InChI=1S/C10H19NO3/c1-10(2,3)14-9(12)4-7-5-13-6-8(7)11/h7-8H,4-6,11H2,1-3H3/t7-,8+/m0/s1. The van der Waals surface area contributed by atoms with Gasteiger partial charge in [0.15, 0.2) is 0 Å². The SMILES string of the molecule is CC(C)(C)OC(=O)C[C@H]1COC[C@H]1N. The topological polar surface area (TPSA) is 61.5 Å². The summed E-state index contributed by atoms with van der Waals surface area (Å²) in [5.74, 6) is -0.0756. The van der Waals surface area contributed by atoms with Crippen LogP contribution in [0, 0.1) is 5.92 Å². The van der Waals surface area contributed by atoms with Gasteiger partial charge in [-0.2, -0.15) is 0 Å². The Bertz CT molecular complexity index is 210. The van der Waals surface area contributed by atoms with Crippen LogP contribution >= 0.6 is 0 Å². The van der Waals surface area contributed by atoms with Gasteiger partial charge < -0.3 is 15.2 Å². The maximum atomic E-state index is 11.4. The smallest absolute Gasteiger partial charge is 0.306 e. The lowest BCUT2D eigenvalue weighted by molar-refractivity contribution is -0.156. The minimum atomic E-state index is -0.416. The molecule has 0 amide bonds. The third kappa shape index (κ3) is 3.64. The minimum absolute atomic E-state index is 0.0254. The molecule has 1 fully saturated rings. The second-order valence-corrected chi connectivity index (χ2v) is 4.75. The van der Waals surface area contributed by atoms with Crippen LogP contribution < -0.4 is 5.73 Å². The van der Waals surface area contributed by atoms with Gasteiger partial charge in [0.1, 0.15) is 5.60 Å². The average Bonchev–Trinajstić information content (AvgIpc) is 2.32. The lowest BCUT2D eigenvalue weighted by atomic mass is 10.0. The van der Waals surface area contributed by atoms with Gasteiger partial charge in [-0.25, -0.2) is 0 Å². The molecule has 4 nitrogen and oxygen atoms in total. The van der Waals surface area contributed by atoms with E-state index in [4.69, 9.17) is 15.2 Å². The third-order valence-electron chi connectivity index (χ3n) is 2.10. The van der Waals surface area contributed by atoms with Crippen molar-refractivity contribution >= 4 is 5.97 Å². The Labute approximate surface area is 84.7 Å². The maximum absolute atomic E-state index is 11.4. The molecule has 0 bridgehead atoms. The van der Waals surface area contributed by atoms with Crippen LogP contribution in [0.15, 0.2) is 0 Å². The van der Waals surface area contributed by atoms with Crippen molar-refractivity contribution in [3.05, 3.63) is 0 Å². The quantitative estimate of drug-likeness (QED) is 0.668. The summed E-state index contributed by atoms with van der Waals surface area (Å²) in [4.78, 5) is 11.4. The highest BCUT2D eigenvalue weighted by Crippen LogP contribution is 2.18. The first kappa shape index (κ1) is 11.5. The van der Waals surface area contributed by atoms with E-state index in [1.54, 1.807) is 0 Å². The van der Waals surface area contributed by atoms with Crippen molar-refractivity contribution in [3.63, 3.8) is 0 Å². The first-order valence-electron chi connectivity index (χ1n) is 4.93. The number of nitrogens with two attached hydrogens (primary N) is 1. The van der Waals surface area contributed by atoms with Crippen LogP contribution in [-0.2, 0) is 14.3 Å². The van der Waals surface area contributed by atoms with E-state index in [0.29, 0.717) is 19.6 Å². The maximum Gasteiger partial charge on any atom is 0.306 e. The van der Waals surface area contributed by atoms with Gasteiger partial charge in [-0.05, 0) is 20.8 Å². The highest BCUT2D eigenvalue weighted by Gasteiger charge is 2.29. The molecular formula is C10H19NO3. The van der Waals surface area contributed by atoms with E-state index in [1.165, 1.54) is 0 Å². The number of hydrogen-bond donors (Lipinski definition) is 1. The van der Waals surface area contributed by atoms with Crippen molar-refractivity contribution in [1.82, 2.24) is 0 Å². The van der Waals surface area contributed by atoms with Gasteiger partial charge in [0.2, 0.25) is 0 Å². The molecule has 2 N–H and O–H groups in total. The van der Waals surface area contributed by atoms with Gasteiger partial charge in [0.05, 0.1) is 19.6 Å². The Morgan fingerprint density at radius 1 is 1.50 bits per heavy atom. The van der Waals surface area contributed by atoms with E-state index in [9.17, 15) is 4.79 Å². The summed E-state index contributed by atoms with van der Waals surface area (Å²) in [7, 11) is 0. The average molecular weight is 201 g/mol. The Balaban J connectivity index is 2.33. The molecule has 4 heteroatoms. The fourth-order valence-electron chi connectivity index (χ4n) is 1.42. The van der Waals surface area contributed by atoms with E-state index in [2.05, 4.69) is 0 Å². The summed E-state index contributed by atoms with van der Waals surface area (Å²) in [5.41, 5.74) is 5.34. The van der Waals surface area contributed by atoms with E-state index in [-0.39, 0.29) is 17.9 Å². The Hall–Kier alpha value is -0.610. The van der Waals surface area contributed by atoms with Gasteiger partial charge in [0.25, 0.3) is 0 Å². The summed E-state index contributed by atoms with van der Waals surface area (Å²) >= 11 is 0. The zero-order chi connectivity index (χ0) is 10.8. The molecule has 0 saturated carbocycles. The fraction of sp³-hybridized carbons (Fsp3) is 0.900. The van der Waals surface area contributed by atoms with Crippen LogP contribution in [0.2, 0.25) is 0 Å². The predicted octanol–water partition coefficient (Wildman–Crippen LogP) is 0.692. The van der Waals surface area contributed by atoms with Crippen LogP contribution in [0.3, 0.4) is 0 Å². The van der Waals surface area contributed by atoms with Crippen LogP contribution in [0.5, 0.6) is 0 Å². The number of carbonyl (C=O) groups excluding carboxylic acids is 1. The van der Waals surface area contributed by atoms with Crippen molar-refractivity contribution in [2.75, 3.05) is 13.2 Å². The van der Waals surface area contributed by atoms with E-state index in [0.717, 1.165) is 0 Å². The summed E-state index contributed by atoms with van der Waals surface area (Å²) in [6.07, 6.45) is 0.360. The van der Waals surface area contributed by atoms with Crippen LogP contribution in [0.1, 0.15) is 27.2 Å². The molecule has 0 spiro atoms. The van der Waals surface area contributed by atoms with Crippen LogP contribution in [0.25, 0.3) is 0 Å². The highest BCUT2D eigenvalue weighted by atomic mass is 16.6. The van der Waals surface area contributed by atoms with Gasteiger partial charge in [-0.3, -0.25) is 4.79 Å². The van der Waals surface area contributed by atoms with Crippen LogP contribution in [0.4, 0.5) is 0 Å². The molecule has 0 aromatic carbocycles. The summed E-state index contributed by atoms with van der Waals surface area (Å²) in [6, 6.07) is -0.0254. The molecule has 1 heterocycles. The zero-order valence-electron chi connectivity index (χ0n) is 9.08. The van der Waals surface area contributed by atoms with E-state index < -0.39 is 5.60 Å². The molecule has 0 aromatic heterocycles. The van der Waals surface area contributed by atoms with Crippen molar-refractivity contribution in [2.45, 2.75) is 38.8 Å². The molecule has 1 aliphatic rings. The Kier molecular flexibility index (Phi) is 3.50. The molecule has 0 aromatic rings. The first-order chi connectivity index (χ1) is 6.38. The van der Waals surface area contributed by atoms with Crippen LogP contribution in [-0.4, -0.2) is 30.8 Å². The monoisotopic (exact) mass is 201 g/mol. The van der Waals surface area contributed by atoms with E-state index in [1.807, 2.05) is 20.8 Å². The zero-order valence-corrected chi connectivity index (χ0v) is 9.08. The number of rotatable bonds is 2. The Morgan fingerprint density at radius 3 is 2.57 bits per heavy atom. The Morgan fingerprint density at radius 2 is 2.14 bits per heavy atom. The van der Waals surface area contributed by atoms with Gasteiger partial charge in [-0.1, -0.05) is 0 Å². The van der Waals surface area contributed by atoms with Gasteiger partial charge in [0, 0.05) is 12.0 Å². The minimum Gasteiger partial charge on any atom is -0.460 e. The molecule has 1 saturated heterocycles. The predicted molar refractivity (Wildman–Crippen MR) is 52.7 cm³/mol. The van der Waals surface area contributed by atoms with Crippen molar-refractivity contribution in [3.8, 4) is 0 Å². The third-order valence-corrected chi connectivity index (χ3v) is 2.10. The lowest BCUT2D eigenvalue weighted by Crippen LogP contribution is -2.32. The summed E-state index contributed by atoms with van der Waals surface area (Å²) < 4.78 is 10.4. The summed E-state index contributed by atoms with van der Waals surface area (Å²) in [6.45, 7) is 6.69. The highest BCUT2D eigenvalue weighted by molar-refractivity contribution is 5.70.